The van der Waals surface area contributed by atoms with Crippen LogP contribution in [0.15, 0.2) is 12.1 Å². The molecule has 0 N–H and O–H groups in total. The fourth-order valence-corrected chi connectivity index (χ4v) is 1.81. The van der Waals surface area contributed by atoms with Gasteiger partial charge in [0.25, 0.3) is 0 Å². The number of methoxy groups -OCH3 is 3. The molecule has 0 atom stereocenters. The molecule has 0 bridgehead atoms. The first kappa shape index (κ1) is 13.7. The molecular weight excluding hydrogens is 260 g/mol. The Hall–Kier alpha value is -2.75. The molecule has 0 saturated carbocycles. The third-order valence-corrected chi connectivity index (χ3v) is 2.70. The Balaban J connectivity index is 2.57. The molecule has 0 aliphatic heterocycles. The minimum atomic E-state index is 0.277. The van der Waals surface area contributed by atoms with E-state index in [0.717, 1.165) is 5.56 Å². The molecule has 1 aromatic heterocycles. The summed E-state index contributed by atoms with van der Waals surface area (Å²) in [5, 5.41) is 11.4. The van der Waals surface area contributed by atoms with Gasteiger partial charge in [-0.2, -0.15) is 0 Å². The first-order valence-electron chi connectivity index (χ1n) is 5.75. The lowest BCUT2D eigenvalue weighted by Gasteiger charge is -2.13. The number of ether oxygens (including phenoxy) is 3. The van der Waals surface area contributed by atoms with Gasteiger partial charge in [0.1, 0.15) is 6.54 Å². The fraction of sp³-hybridized carbons (Fsp3) is 0.308. The lowest BCUT2D eigenvalue weighted by molar-refractivity contribution is 0.324. The number of aromatic nitrogens is 4. The maximum Gasteiger partial charge on any atom is 0.203 e. The van der Waals surface area contributed by atoms with Gasteiger partial charge >= 0.3 is 0 Å². The van der Waals surface area contributed by atoms with Crippen molar-refractivity contribution in [2.45, 2.75) is 6.54 Å². The van der Waals surface area contributed by atoms with E-state index in [1.807, 2.05) is 0 Å². The summed E-state index contributed by atoms with van der Waals surface area (Å²) >= 11 is 0. The zero-order valence-corrected chi connectivity index (χ0v) is 11.5. The van der Waals surface area contributed by atoms with E-state index in [1.54, 1.807) is 33.5 Å². The summed E-state index contributed by atoms with van der Waals surface area (Å²) in [5.41, 5.74) is 0.722. The molecule has 0 saturated heterocycles. The zero-order valence-electron chi connectivity index (χ0n) is 11.5. The van der Waals surface area contributed by atoms with E-state index in [1.165, 1.54) is 4.68 Å². The molecule has 0 aliphatic carbocycles. The van der Waals surface area contributed by atoms with Gasteiger partial charge in [-0.15, -0.1) is 11.5 Å². The van der Waals surface area contributed by atoms with Crippen LogP contribution in [0.4, 0.5) is 0 Å². The smallest absolute Gasteiger partial charge is 0.203 e. The maximum atomic E-state index is 5.29. The normalized spacial score (nSPS) is 9.90. The molecule has 20 heavy (non-hydrogen) atoms. The van der Waals surface area contributed by atoms with E-state index in [4.69, 9.17) is 20.6 Å². The van der Waals surface area contributed by atoms with Gasteiger partial charge in [0.05, 0.1) is 21.3 Å². The van der Waals surface area contributed by atoms with Gasteiger partial charge < -0.3 is 14.2 Å². The topological polar surface area (TPSA) is 71.3 Å². The Morgan fingerprint density at radius 1 is 1.15 bits per heavy atom. The summed E-state index contributed by atoms with van der Waals surface area (Å²) in [6.45, 7) is 0.277. The van der Waals surface area contributed by atoms with Gasteiger partial charge in [0.2, 0.25) is 5.75 Å². The third-order valence-electron chi connectivity index (χ3n) is 2.70. The van der Waals surface area contributed by atoms with Crippen LogP contribution >= 0.6 is 0 Å². The van der Waals surface area contributed by atoms with Crippen LogP contribution in [-0.2, 0) is 6.54 Å². The summed E-state index contributed by atoms with van der Waals surface area (Å²) in [6.07, 6.45) is 5.29. The maximum absolute atomic E-state index is 5.29. The first-order chi connectivity index (χ1) is 9.74. The molecule has 7 heteroatoms. The van der Waals surface area contributed by atoms with Crippen LogP contribution in [0.25, 0.3) is 11.4 Å². The number of hydrogen-bond acceptors (Lipinski definition) is 6. The molecule has 0 spiro atoms. The van der Waals surface area contributed by atoms with E-state index in [0.29, 0.717) is 23.1 Å². The van der Waals surface area contributed by atoms with Crippen molar-refractivity contribution in [3.05, 3.63) is 12.1 Å². The SMILES string of the molecule is C#CCn1nnnc1-c1cc(OC)c(OC)c(OC)c1. The van der Waals surface area contributed by atoms with Crippen molar-refractivity contribution in [2.75, 3.05) is 21.3 Å². The second-order valence-electron chi connectivity index (χ2n) is 3.78. The summed E-state index contributed by atoms with van der Waals surface area (Å²) in [4.78, 5) is 0. The number of terminal acetylenes is 1. The highest BCUT2D eigenvalue weighted by atomic mass is 16.5. The van der Waals surface area contributed by atoms with Crippen molar-refractivity contribution in [3.63, 3.8) is 0 Å². The van der Waals surface area contributed by atoms with Crippen molar-refractivity contribution in [2.24, 2.45) is 0 Å². The largest absolute Gasteiger partial charge is 0.493 e. The highest BCUT2D eigenvalue weighted by Gasteiger charge is 2.17. The van der Waals surface area contributed by atoms with Crippen LogP contribution in [0.5, 0.6) is 17.2 Å². The van der Waals surface area contributed by atoms with Gasteiger partial charge in [-0.1, -0.05) is 5.92 Å². The Kier molecular flexibility index (Phi) is 4.05. The second kappa shape index (κ2) is 5.93. The number of hydrogen-bond donors (Lipinski definition) is 0. The monoisotopic (exact) mass is 274 g/mol. The molecule has 0 fully saturated rings. The minimum absolute atomic E-state index is 0.277. The quantitative estimate of drug-likeness (QED) is 0.757. The van der Waals surface area contributed by atoms with Crippen LogP contribution in [-0.4, -0.2) is 41.5 Å². The van der Waals surface area contributed by atoms with Crippen LogP contribution in [0.3, 0.4) is 0 Å². The van der Waals surface area contributed by atoms with Gasteiger partial charge in [-0.05, 0) is 22.6 Å². The zero-order chi connectivity index (χ0) is 14.5. The Labute approximate surface area is 116 Å². The van der Waals surface area contributed by atoms with Crippen molar-refractivity contribution < 1.29 is 14.2 Å². The molecule has 2 rings (SSSR count). The lowest BCUT2D eigenvalue weighted by Crippen LogP contribution is -2.02. The lowest BCUT2D eigenvalue weighted by atomic mass is 10.1. The van der Waals surface area contributed by atoms with Crippen LogP contribution < -0.4 is 14.2 Å². The van der Waals surface area contributed by atoms with Crippen molar-refractivity contribution in [1.29, 1.82) is 0 Å². The van der Waals surface area contributed by atoms with Gasteiger partial charge in [0.15, 0.2) is 17.3 Å². The molecule has 0 aliphatic rings. The van der Waals surface area contributed by atoms with Crippen LogP contribution in [0.1, 0.15) is 0 Å². The molecule has 0 amide bonds. The molecule has 7 nitrogen and oxygen atoms in total. The van der Waals surface area contributed by atoms with Crippen LogP contribution in [0.2, 0.25) is 0 Å². The molecule has 2 aromatic rings. The molecule has 0 radical (unpaired) electrons. The van der Waals surface area contributed by atoms with Crippen LogP contribution in [0, 0.1) is 12.3 Å². The van der Waals surface area contributed by atoms with E-state index < -0.39 is 0 Å². The highest BCUT2D eigenvalue weighted by molar-refractivity contribution is 5.66. The minimum Gasteiger partial charge on any atom is -0.493 e. The fourth-order valence-electron chi connectivity index (χ4n) is 1.81. The van der Waals surface area contributed by atoms with E-state index in [-0.39, 0.29) is 6.54 Å². The van der Waals surface area contributed by atoms with E-state index in [9.17, 15) is 0 Å². The van der Waals surface area contributed by atoms with Gasteiger partial charge in [-0.3, -0.25) is 0 Å². The van der Waals surface area contributed by atoms with Crippen molar-refractivity contribution in [3.8, 4) is 41.0 Å². The summed E-state index contributed by atoms with van der Waals surface area (Å²) in [5.74, 6) is 4.58. The van der Waals surface area contributed by atoms with Gasteiger partial charge in [-0.25, -0.2) is 4.68 Å². The third kappa shape index (κ3) is 2.36. The summed E-state index contributed by atoms with van der Waals surface area (Å²) in [6, 6.07) is 3.53. The number of rotatable bonds is 5. The first-order valence-corrected chi connectivity index (χ1v) is 5.75. The summed E-state index contributed by atoms with van der Waals surface area (Å²) in [7, 11) is 4.64. The predicted octanol–water partition coefficient (Wildman–Crippen LogP) is 0.999. The summed E-state index contributed by atoms with van der Waals surface area (Å²) < 4.78 is 17.4. The predicted molar refractivity (Wildman–Crippen MR) is 71.7 cm³/mol. The molecule has 0 unspecified atom stereocenters. The van der Waals surface area contributed by atoms with Crippen molar-refractivity contribution >= 4 is 0 Å². The van der Waals surface area contributed by atoms with E-state index >= 15 is 0 Å². The average molecular weight is 274 g/mol. The molecule has 1 aromatic carbocycles. The van der Waals surface area contributed by atoms with E-state index in [2.05, 4.69) is 21.4 Å². The number of tetrazole rings is 1. The Bertz CT molecular complexity index is 620. The average Bonchev–Trinajstić information content (AvgIpc) is 2.94. The number of nitrogens with zero attached hydrogens (tertiary/aromatic N) is 4. The molecule has 104 valence electrons. The highest BCUT2D eigenvalue weighted by Crippen LogP contribution is 2.40. The van der Waals surface area contributed by atoms with Crippen molar-refractivity contribution in [1.82, 2.24) is 20.2 Å². The molecule has 1 heterocycles. The number of benzene rings is 1. The Morgan fingerprint density at radius 3 is 2.30 bits per heavy atom. The van der Waals surface area contributed by atoms with Gasteiger partial charge in [0, 0.05) is 5.56 Å². The second-order valence-corrected chi connectivity index (χ2v) is 3.78. The standard InChI is InChI=1S/C13H14N4O3/c1-5-6-17-13(14-15-16-17)9-7-10(18-2)12(20-4)11(8-9)19-3/h1,7-8H,6H2,2-4H3. The Morgan fingerprint density at radius 2 is 1.80 bits per heavy atom. The molecular formula is C13H14N4O3.